The van der Waals surface area contributed by atoms with Gasteiger partial charge in [0.25, 0.3) is 0 Å². The first kappa shape index (κ1) is 12.0. The maximum atomic E-state index is 12.0. The van der Waals surface area contributed by atoms with E-state index in [1.54, 1.807) is 12.2 Å². The molecule has 5 unspecified atom stereocenters. The number of carboxylic acid groups (broad SMARTS) is 1. The number of hydrogen-bond acceptors (Lipinski definition) is 5. The van der Waals surface area contributed by atoms with E-state index in [1.165, 1.54) is 6.26 Å². The molecule has 6 atom stereocenters. The third-order valence-electron chi connectivity index (χ3n) is 4.81. The smallest absolute Gasteiger partial charge is 0.335 e. The number of hydrogen-bond donors (Lipinski definition) is 1. The standard InChI is InChI=1S/C14H14O6/c1-2-6-10-14(20-12(6)17)4-3-7-8(11(15)16)5-18-13(19-10)9(7)14/h3-7,9-10,13H,2H2,1H3,(H,15,16)/t6?,7?,9?,10?,13?,14-/m0/s1. The molecule has 3 aliphatic heterocycles. The molecule has 0 aromatic rings. The first-order valence-corrected chi connectivity index (χ1v) is 6.75. The minimum absolute atomic E-state index is 0.180. The lowest BCUT2D eigenvalue weighted by Gasteiger charge is -2.32. The van der Waals surface area contributed by atoms with Crippen molar-refractivity contribution in [3.63, 3.8) is 0 Å². The van der Waals surface area contributed by atoms with E-state index >= 15 is 0 Å². The zero-order valence-corrected chi connectivity index (χ0v) is 10.8. The van der Waals surface area contributed by atoms with Gasteiger partial charge in [-0.3, -0.25) is 4.79 Å². The van der Waals surface area contributed by atoms with Gasteiger partial charge >= 0.3 is 11.9 Å². The second-order valence-corrected chi connectivity index (χ2v) is 5.64. The Balaban J connectivity index is 1.78. The highest BCUT2D eigenvalue weighted by Crippen LogP contribution is 2.58. The van der Waals surface area contributed by atoms with Crippen LogP contribution in [0, 0.1) is 17.8 Å². The van der Waals surface area contributed by atoms with Crippen LogP contribution in [-0.2, 0) is 23.8 Å². The van der Waals surface area contributed by atoms with Gasteiger partial charge in [-0.15, -0.1) is 0 Å². The molecule has 4 aliphatic rings. The molecule has 4 rings (SSSR count). The van der Waals surface area contributed by atoms with Crippen molar-refractivity contribution in [2.45, 2.75) is 31.3 Å². The van der Waals surface area contributed by atoms with Crippen molar-refractivity contribution in [1.82, 2.24) is 0 Å². The fourth-order valence-corrected chi connectivity index (χ4v) is 3.92. The number of rotatable bonds is 2. The number of aliphatic carboxylic acids is 1. The Morgan fingerprint density at radius 1 is 1.50 bits per heavy atom. The van der Waals surface area contributed by atoms with E-state index < -0.39 is 24.0 Å². The molecule has 106 valence electrons. The average molecular weight is 278 g/mol. The van der Waals surface area contributed by atoms with Gasteiger partial charge in [0.05, 0.1) is 23.7 Å². The molecular weight excluding hydrogens is 264 g/mol. The molecule has 6 heteroatoms. The Morgan fingerprint density at radius 3 is 3.00 bits per heavy atom. The Morgan fingerprint density at radius 2 is 2.30 bits per heavy atom. The van der Waals surface area contributed by atoms with Crippen LogP contribution >= 0.6 is 0 Å². The maximum Gasteiger partial charge on any atom is 0.335 e. The van der Waals surface area contributed by atoms with Crippen LogP contribution in [-0.4, -0.2) is 35.0 Å². The molecule has 3 heterocycles. The molecule has 1 spiro atoms. The van der Waals surface area contributed by atoms with Crippen molar-refractivity contribution in [3.8, 4) is 0 Å². The summed E-state index contributed by atoms with van der Waals surface area (Å²) in [4.78, 5) is 23.3. The monoisotopic (exact) mass is 278 g/mol. The fourth-order valence-electron chi connectivity index (χ4n) is 3.92. The number of ether oxygens (including phenoxy) is 3. The predicted octanol–water partition coefficient (Wildman–Crippen LogP) is 0.834. The van der Waals surface area contributed by atoms with Crippen LogP contribution in [0.1, 0.15) is 13.3 Å². The molecule has 1 aliphatic carbocycles. The van der Waals surface area contributed by atoms with Crippen LogP contribution in [0.3, 0.4) is 0 Å². The van der Waals surface area contributed by atoms with Crippen molar-refractivity contribution in [1.29, 1.82) is 0 Å². The highest BCUT2D eigenvalue weighted by Gasteiger charge is 2.71. The molecule has 0 aromatic carbocycles. The molecule has 0 saturated carbocycles. The molecule has 1 N–H and O–H groups in total. The molecule has 20 heavy (non-hydrogen) atoms. The Kier molecular flexibility index (Phi) is 2.17. The second kappa shape index (κ2) is 3.63. The zero-order chi connectivity index (χ0) is 14.1. The molecule has 0 aromatic heterocycles. The average Bonchev–Trinajstić information content (AvgIpc) is 3.00. The molecule has 0 amide bonds. The van der Waals surface area contributed by atoms with Gasteiger partial charge in [0.1, 0.15) is 6.10 Å². The van der Waals surface area contributed by atoms with Crippen molar-refractivity contribution < 1.29 is 28.9 Å². The first-order chi connectivity index (χ1) is 9.58. The highest BCUT2D eigenvalue weighted by atomic mass is 16.7. The fraction of sp³-hybridized carbons (Fsp3) is 0.571. The Bertz CT molecular complexity index is 564. The van der Waals surface area contributed by atoms with E-state index in [0.717, 1.165) is 0 Å². The van der Waals surface area contributed by atoms with Crippen LogP contribution in [0.2, 0.25) is 0 Å². The van der Waals surface area contributed by atoms with Crippen LogP contribution < -0.4 is 0 Å². The van der Waals surface area contributed by atoms with Crippen LogP contribution in [0.4, 0.5) is 0 Å². The number of allylic oxidation sites excluding steroid dienone is 1. The lowest BCUT2D eigenvalue weighted by Crippen LogP contribution is -2.43. The van der Waals surface area contributed by atoms with Gasteiger partial charge in [0.15, 0.2) is 5.60 Å². The topological polar surface area (TPSA) is 82.1 Å². The van der Waals surface area contributed by atoms with Gasteiger partial charge in [0.2, 0.25) is 6.29 Å². The van der Waals surface area contributed by atoms with Gasteiger partial charge in [-0.05, 0) is 12.5 Å². The summed E-state index contributed by atoms with van der Waals surface area (Å²) in [6.07, 6.45) is 4.54. The second-order valence-electron chi connectivity index (χ2n) is 5.64. The summed E-state index contributed by atoms with van der Waals surface area (Å²) < 4.78 is 16.9. The van der Waals surface area contributed by atoms with Crippen molar-refractivity contribution in [2.75, 3.05) is 0 Å². The molecular formula is C14H14O6. The quantitative estimate of drug-likeness (QED) is 0.595. The summed E-state index contributed by atoms with van der Waals surface area (Å²) in [7, 11) is 0. The van der Waals surface area contributed by atoms with Gasteiger partial charge < -0.3 is 19.3 Å². The van der Waals surface area contributed by atoms with Crippen molar-refractivity contribution in [3.05, 3.63) is 24.0 Å². The minimum Gasteiger partial charge on any atom is -0.478 e. The largest absolute Gasteiger partial charge is 0.478 e. The lowest BCUT2D eigenvalue weighted by molar-refractivity contribution is -0.162. The molecule has 0 bridgehead atoms. The summed E-state index contributed by atoms with van der Waals surface area (Å²) in [5, 5.41) is 9.24. The Labute approximate surface area is 115 Å². The number of carboxylic acids is 1. The van der Waals surface area contributed by atoms with Gasteiger partial charge in [0, 0.05) is 5.92 Å². The number of carbonyl (C=O) groups excluding carboxylic acids is 1. The summed E-state index contributed by atoms with van der Waals surface area (Å²) in [6.45, 7) is 1.91. The van der Waals surface area contributed by atoms with Gasteiger partial charge in [-0.25, -0.2) is 4.79 Å². The van der Waals surface area contributed by atoms with E-state index in [9.17, 15) is 14.7 Å². The number of esters is 1. The van der Waals surface area contributed by atoms with Crippen LogP contribution in [0.25, 0.3) is 0 Å². The summed E-state index contributed by atoms with van der Waals surface area (Å²) in [5.74, 6) is -2.24. The third-order valence-corrected chi connectivity index (χ3v) is 4.81. The SMILES string of the molecule is CCC1C(=O)O[C@]23C=CC4C(C(=O)O)=COC(OC12)C43. The van der Waals surface area contributed by atoms with E-state index in [0.29, 0.717) is 6.42 Å². The molecule has 2 fully saturated rings. The lowest BCUT2D eigenvalue weighted by atomic mass is 9.77. The summed E-state index contributed by atoms with van der Waals surface area (Å²) in [5.41, 5.74) is -0.679. The third kappa shape index (κ3) is 1.18. The van der Waals surface area contributed by atoms with Crippen LogP contribution in [0.15, 0.2) is 24.0 Å². The van der Waals surface area contributed by atoms with Crippen LogP contribution in [0.5, 0.6) is 0 Å². The Hall–Kier alpha value is -1.82. The number of carbonyl (C=O) groups is 2. The van der Waals surface area contributed by atoms with Crippen molar-refractivity contribution in [2.24, 2.45) is 17.8 Å². The predicted molar refractivity (Wildman–Crippen MR) is 64.2 cm³/mol. The van der Waals surface area contributed by atoms with E-state index in [1.807, 2.05) is 6.92 Å². The first-order valence-electron chi connectivity index (χ1n) is 6.75. The summed E-state index contributed by atoms with van der Waals surface area (Å²) in [6, 6.07) is 0. The molecule has 0 radical (unpaired) electrons. The van der Waals surface area contributed by atoms with Gasteiger partial charge in [-0.2, -0.15) is 0 Å². The van der Waals surface area contributed by atoms with E-state index in [2.05, 4.69) is 0 Å². The molecule has 2 saturated heterocycles. The summed E-state index contributed by atoms with van der Waals surface area (Å²) >= 11 is 0. The zero-order valence-electron chi connectivity index (χ0n) is 10.8. The highest BCUT2D eigenvalue weighted by molar-refractivity contribution is 5.88. The van der Waals surface area contributed by atoms with Gasteiger partial charge in [-0.1, -0.05) is 13.0 Å². The molecule has 6 nitrogen and oxygen atoms in total. The normalized spacial score (nSPS) is 47.4. The van der Waals surface area contributed by atoms with Crippen molar-refractivity contribution >= 4 is 11.9 Å². The van der Waals surface area contributed by atoms with E-state index in [-0.39, 0.29) is 29.3 Å². The van der Waals surface area contributed by atoms with E-state index in [4.69, 9.17) is 14.2 Å². The maximum absolute atomic E-state index is 12.0. The minimum atomic E-state index is -1.02.